The second-order valence-electron chi connectivity index (χ2n) is 7.16. The number of benzene rings is 1. The standard InChI is InChI=1S/C18H27NO/c1-13(14-8-4-5-9-14)19-16-12-18(2,3)20-17-11-7-6-10-15(16)17/h6-7,10-11,13-14,16,19H,4-5,8-9,12H2,1-3H3/t13-,16?/m0/s1. The molecule has 2 atom stereocenters. The molecule has 1 aromatic rings. The Morgan fingerprint density at radius 1 is 1.20 bits per heavy atom. The van der Waals surface area contributed by atoms with Crippen molar-refractivity contribution in [3.63, 3.8) is 0 Å². The normalized spacial score (nSPS) is 26.9. The molecule has 1 aliphatic heterocycles. The fourth-order valence-corrected chi connectivity index (χ4v) is 3.86. The van der Waals surface area contributed by atoms with Gasteiger partial charge in [-0.25, -0.2) is 0 Å². The van der Waals surface area contributed by atoms with E-state index in [9.17, 15) is 0 Å². The number of hydrogen-bond donors (Lipinski definition) is 1. The zero-order chi connectivity index (χ0) is 14.2. The SMILES string of the molecule is C[C@H](NC1CC(C)(C)Oc2ccccc21)C1CCCC1. The smallest absolute Gasteiger partial charge is 0.124 e. The first kappa shape index (κ1) is 13.9. The lowest BCUT2D eigenvalue weighted by molar-refractivity contribution is 0.0623. The van der Waals surface area contributed by atoms with Crippen LogP contribution in [0.2, 0.25) is 0 Å². The van der Waals surface area contributed by atoms with E-state index < -0.39 is 0 Å². The third kappa shape index (κ3) is 2.85. The second kappa shape index (κ2) is 5.40. The highest BCUT2D eigenvalue weighted by Gasteiger charge is 2.35. The van der Waals surface area contributed by atoms with Gasteiger partial charge in [-0.1, -0.05) is 31.0 Å². The first-order valence-electron chi connectivity index (χ1n) is 8.09. The molecule has 20 heavy (non-hydrogen) atoms. The summed E-state index contributed by atoms with van der Waals surface area (Å²) in [7, 11) is 0. The summed E-state index contributed by atoms with van der Waals surface area (Å²) in [6, 6.07) is 9.53. The maximum absolute atomic E-state index is 6.12. The third-order valence-corrected chi connectivity index (χ3v) is 4.95. The molecular weight excluding hydrogens is 246 g/mol. The summed E-state index contributed by atoms with van der Waals surface area (Å²) in [5.74, 6) is 1.91. The number of nitrogens with one attached hydrogen (secondary N) is 1. The number of para-hydroxylation sites is 1. The molecule has 1 unspecified atom stereocenters. The van der Waals surface area contributed by atoms with Crippen LogP contribution in [-0.4, -0.2) is 11.6 Å². The van der Waals surface area contributed by atoms with Crippen molar-refractivity contribution in [1.29, 1.82) is 0 Å². The summed E-state index contributed by atoms with van der Waals surface area (Å²) in [6.07, 6.45) is 6.64. The van der Waals surface area contributed by atoms with Gasteiger partial charge < -0.3 is 10.1 Å². The predicted octanol–water partition coefficient (Wildman–Crippen LogP) is 4.46. The predicted molar refractivity (Wildman–Crippen MR) is 83.1 cm³/mol. The Balaban J connectivity index is 1.78. The summed E-state index contributed by atoms with van der Waals surface area (Å²) >= 11 is 0. The summed E-state index contributed by atoms with van der Waals surface area (Å²) in [4.78, 5) is 0. The highest BCUT2D eigenvalue weighted by molar-refractivity contribution is 5.38. The molecule has 110 valence electrons. The fraction of sp³-hybridized carbons (Fsp3) is 0.667. The van der Waals surface area contributed by atoms with Crippen molar-refractivity contribution in [3.8, 4) is 5.75 Å². The van der Waals surface area contributed by atoms with Crippen molar-refractivity contribution in [3.05, 3.63) is 29.8 Å². The van der Waals surface area contributed by atoms with Gasteiger partial charge in [0.05, 0.1) is 0 Å². The average molecular weight is 273 g/mol. The topological polar surface area (TPSA) is 21.3 Å². The second-order valence-corrected chi connectivity index (χ2v) is 7.16. The summed E-state index contributed by atoms with van der Waals surface area (Å²) in [5.41, 5.74) is 1.25. The molecule has 1 aliphatic carbocycles. The van der Waals surface area contributed by atoms with E-state index in [1.165, 1.54) is 31.2 Å². The third-order valence-electron chi connectivity index (χ3n) is 4.95. The minimum atomic E-state index is -0.0819. The first-order valence-corrected chi connectivity index (χ1v) is 8.09. The van der Waals surface area contributed by atoms with E-state index in [4.69, 9.17) is 4.74 Å². The molecule has 3 rings (SSSR count). The molecule has 1 saturated carbocycles. The van der Waals surface area contributed by atoms with Gasteiger partial charge in [-0.15, -0.1) is 0 Å². The fourth-order valence-electron chi connectivity index (χ4n) is 3.86. The van der Waals surface area contributed by atoms with Gasteiger partial charge in [-0.05, 0) is 45.6 Å². The zero-order valence-corrected chi connectivity index (χ0v) is 13.0. The van der Waals surface area contributed by atoms with Gasteiger partial charge in [0.25, 0.3) is 0 Å². The van der Waals surface area contributed by atoms with Crippen LogP contribution in [-0.2, 0) is 0 Å². The summed E-state index contributed by atoms with van der Waals surface area (Å²) in [5, 5.41) is 3.89. The van der Waals surface area contributed by atoms with Crippen LogP contribution in [0.5, 0.6) is 5.75 Å². The molecule has 0 amide bonds. The average Bonchev–Trinajstić information content (AvgIpc) is 2.91. The molecule has 0 bridgehead atoms. The van der Waals surface area contributed by atoms with E-state index in [0.717, 1.165) is 18.1 Å². The van der Waals surface area contributed by atoms with Crippen molar-refractivity contribution in [2.75, 3.05) is 0 Å². The lowest BCUT2D eigenvalue weighted by atomic mass is 9.88. The van der Waals surface area contributed by atoms with E-state index in [1.54, 1.807) is 0 Å². The minimum Gasteiger partial charge on any atom is -0.487 e. The molecule has 1 fully saturated rings. The Kier molecular flexibility index (Phi) is 3.76. The van der Waals surface area contributed by atoms with E-state index in [1.807, 2.05) is 0 Å². The van der Waals surface area contributed by atoms with E-state index in [2.05, 4.69) is 50.4 Å². The molecular formula is C18H27NO. The minimum absolute atomic E-state index is 0.0819. The maximum Gasteiger partial charge on any atom is 0.124 e. The summed E-state index contributed by atoms with van der Waals surface area (Å²) < 4.78 is 6.12. The van der Waals surface area contributed by atoms with Crippen LogP contribution in [0.4, 0.5) is 0 Å². The van der Waals surface area contributed by atoms with Gasteiger partial charge in [-0.2, -0.15) is 0 Å². The molecule has 1 aromatic carbocycles. The number of rotatable bonds is 3. The van der Waals surface area contributed by atoms with Crippen LogP contribution in [0.1, 0.15) is 64.5 Å². The van der Waals surface area contributed by atoms with Crippen molar-refractivity contribution in [2.24, 2.45) is 5.92 Å². The molecule has 0 aromatic heterocycles. The van der Waals surface area contributed by atoms with Gasteiger partial charge in [0.2, 0.25) is 0 Å². The zero-order valence-electron chi connectivity index (χ0n) is 13.0. The van der Waals surface area contributed by atoms with Crippen LogP contribution in [0.3, 0.4) is 0 Å². The summed E-state index contributed by atoms with van der Waals surface area (Å²) in [6.45, 7) is 6.75. The Morgan fingerprint density at radius 3 is 2.65 bits per heavy atom. The molecule has 2 heteroatoms. The van der Waals surface area contributed by atoms with Gasteiger partial charge in [0.1, 0.15) is 11.4 Å². The lowest BCUT2D eigenvalue weighted by Crippen LogP contribution is -2.43. The molecule has 2 nitrogen and oxygen atoms in total. The molecule has 0 radical (unpaired) electrons. The maximum atomic E-state index is 6.12. The number of fused-ring (bicyclic) bond motifs is 1. The Hall–Kier alpha value is -1.02. The van der Waals surface area contributed by atoms with Crippen LogP contribution in [0, 0.1) is 5.92 Å². The van der Waals surface area contributed by atoms with E-state index >= 15 is 0 Å². The molecule has 1 N–H and O–H groups in total. The quantitative estimate of drug-likeness (QED) is 0.878. The lowest BCUT2D eigenvalue weighted by Gasteiger charge is -2.39. The van der Waals surface area contributed by atoms with Gasteiger partial charge in [0.15, 0.2) is 0 Å². The molecule has 2 aliphatic rings. The van der Waals surface area contributed by atoms with Crippen molar-refractivity contribution >= 4 is 0 Å². The van der Waals surface area contributed by atoms with Crippen LogP contribution in [0.25, 0.3) is 0 Å². The monoisotopic (exact) mass is 273 g/mol. The molecule has 0 spiro atoms. The highest BCUT2D eigenvalue weighted by Crippen LogP contribution is 2.40. The van der Waals surface area contributed by atoms with E-state index in [0.29, 0.717) is 12.1 Å². The van der Waals surface area contributed by atoms with Crippen LogP contribution >= 0.6 is 0 Å². The van der Waals surface area contributed by atoms with Gasteiger partial charge in [-0.3, -0.25) is 0 Å². The van der Waals surface area contributed by atoms with Crippen molar-refractivity contribution < 1.29 is 4.74 Å². The number of hydrogen-bond acceptors (Lipinski definition) is 2. The first-order chi connectivity index (χ1) is 9.55. The van der Waals surface area contributed by atoms with Gasteiger partial charge in [0, 0.05) is 24.1 Å². The largest absolute Gasteiger partial charge is 0.487 e. The highest BCUT2D eigenvalue weighted by atomic mass is 16.5. The van der Waals surface area contributed by atoms with E-state index in [-0.39, 0.29) is 5.60 Å². The molecule has 1 heterocycles. The van der Waals surface area contributed by atoms with Crippen LogP contribution < -0.4 is 10.1 Å². The Morgan fingerprint density at radius 2 is 1.90 bits per heavy atom. The van der Waals surface area contributed by atoms with Gasteiger partial charge >= 0.3 is 0 Å². The van der Waals surface area contributed by atoms with Crippen molar-refractivity contribution in [1.82, 2.24) is 5.32 Å². The Bertz CT molecular complexity index is 462. The van der Waals surface area contributed by atoms with Crippen molar-refractivity contribution in [2.45, 2.75) is 70.6 Å². The molecule has 0 saturated heterocycles. The van der Waals surface area contributed by atoms with Crippen LogP contribution in [0.15, 0.2) is 24.3 Å². The Labute approximate surface area is 122 Å². The number of ether oxygens (including phenoxy) is 1.